The minimum Gasteiger partial charge on any atom is -0.375 e. The van der Waals surface area contributed by atoms with E-state index in [1.807, 2.05) is 11.3 Å². The molecule has 108 valence electrons. The number of anilines is 1. The maximum absolute atomic E-state index is 4.68. The van der Waals surface area contributed by atoms with Crippen LogP contribution in [0.1, 0.15) is 60.6 Å². The molecule has 0 spiro atoms. The molecule has 2 aromatic heterocycles. The second-order valence-electron chi connectivity index (χ2n) is 5.97. The molecule has 1 atom stereocenters. The van der Waals surface area contributed by atoms with Crippen LogP contribution in [0, 0.1) is 13.8 Å². The molecule has 0 radical (unpaired) electrons. The topological polar surface area (TPSA) is 29.9 Å². The van der Waals surface area contributed by atoms with Crippen molar-refractivity contribution in [1.82, 2.24) is 9.78 Å². The fourth-order valence-electron chi connectivity index (χ4n) is 3.19. The summed E-state index contributed by atoms with van der Waals surface area (Å²) in [5.41, 5.74) is 5.08. The maximum Gasteiger partial charge on any atom is 0.0828 e. The second kappa shape index (κ2) is 5.24. The number of nitrogens with one attached hydrogen (secondary N) is 1. The second-order valence-corrected chi connectivity index (χ2v) is 6.97. The van der Waals surface area contributed by atoms with Gasteiger partial charge in [0.05, 0.1) is 23.1 Å². The number of rotatable bonds is 3. The van der Waals surface area contributed by atoms with Gasteiger partial charge in [0.2, 0.25) is 0 Å². The Morgan fingerprint density at radius 3 is 2.90 bits per heavy atom. The summed E-state index contributed by atoms with van der Waals surface area (Å²) >= 11 is 1.90. The quantitative estimate of drug-likeness (QED) is 0.892. The smallest absolute Gasteiger partial charge is 0.0828 e. The Bertz CT molecular complexity index is 609. The normalized spacial score (nSPS) is 18.4. The number of aryl methyl sites for hydroxylation is 2. The van der Waals surface area contributed by atoms with Crippen molar-refractivity contribution in [2.45, 2.75) is 59.0 Å². The van der Waals surface area contributed by atoms with E-state index >= 15 is 0 Å². The average molecular weight is 289 g/mol. The van der Waals surface area contributed by atoms with E-state index < -0.39 is 0 Å². The third-order valence-electron chi connectivity index (χ3n) is 4.18. The molecule has 4 heteroatoms. The molecule has 1 N–H and O–H groups in total. The minimum atomic E-state index is 0.410. The lowest BCUT2D eigenvalue weighted by Crippen LogP contribution is -2.16. The Hall–Kier alpha value is -1.29. The highest BCUT2D eigenvalue weighted by molar-refractivity contribution is 7.10. The lowest BCUT2D eigenvalue weighted by molar-refractivity contribution is 0.516. The van der Waals surface area contributed by atoms with Crippen LogP contribution in [0.2, 0.25) is 0 Å². The highest BCUT2D eigenvalue weighted by atomic mass is 32.1. The van der Waals surface area contributed by atoms with Gasteiger partial charge >= 0.3 is 0 Å². The average Bonchev–Trinajstić information content (AvgIpc) is 2.98. The van der Waals surface area contributed by atoms with E-state index in [1.165, 1.54) is 36.2 Å². The number of aromatic nitrogens is 2. The first kappa shape index (κ1) is 13.7. The van der Waals surface area contributed by atoms with Gasteiger partial charge in [-0.2, -0.15) is 5.10 Å². The SMILES string of the molecule is Cc1nn(C(C)C)c(C)c1NC1CCCc2sccc21. The Morgan fingerprint density at radius 1 is 1.40 bits per heavy atom. The molecule has 1 aliphatic rings. The molecule has 2 aromatic rings. The molecular weight excluding hydrogens is 266 g/mol. The van der Waals surface area contributed by atoms with Crippen LogP contribution in [0.15, 0.2) is 11.4 Å². The molecule has 20 heavy (non-hydrogen) atoms. The van der Waals surface area contributed by atoms with E-state index in [9.17, 15) is 0 Å². The molecule has 0 aliphatic heterocycles. The number of nitrogens with zero attached hydrogens (tertiary/aromatic N) is 2. The molecule has 0 fully saturated rings. The minimum absolute atomic E-state index is 0.410. The zero-order chi connectivity index (χ0) is 14.3. The van der Waals surface area contributed by atoms with Crippen LogP contribution >= 0.6 is 11.3 Å². The largest absolute Gasteiger partial charge is 0.375 e. The van der Waals surface area contributed by atoms with Crippen molar-refractivity contribution in [1.29, 1.82) is 0 Å². The summed E-state index contributed by atoms with van der Waals surface area (Å²) in [6.07, 6.45) is 3.74. The first-order valence-electron chi connectivity index (χ1n) is 7.46. The van der Waals surface area contributed by atoms with Gasteiger partial charge in [0.15, 0.2) is 0 Å². The summed E-state index contributed by atoms with van der Waals surface area (Å²) in [6.45, 7) is 8.63. The Kier molecular flexibility index (Phi) is 3.59. The van der Waals surface area contributed by atoms with Crippen LogP contribution in [0.3, 0.4) is 0 Å². The van der Waals surface area contributed by atoms with E-state index in [4.69, 9.17) is 0 Å². The van der Waals surface area contributed by atoms with Crippen LogP contribution in [0.4, 0.5) is 5.69 Å². The van der Waals surface area contributed by atoms with Crippen molar-refractivity contribution in [3.05, 3.63) is 33.3 Å². The van der Waals surface area contributed by atoms with Gasteiger partial charge in [-0.05, 0) is 64.0 Å². The Labute approximate surface area is 125 Å². The third-order valence-corrected chi connectivity index (χ3v) is 5.18. The standard InChI is InChI=1S/C16H23N3S/c1-10(2)19-12(4)16(11(3)18-19)17-14-6-5-7-15-13(14)8-9-20-15/h8-10,14,17H,5-7H2,1-4H3. The van der Waals surface area contributed by atoms with Gasteiger partial charge in [-0.25, -0.2) is 0 Å². The van der Waals surface area contributed by atoms with Crippen LogP contribution < -0.4 is 5.32 Å². The van der Waals surface area contributed by atoms with Crippen LogP contribution in [-0.2, 0) is 6.42 Å². The van der Waals surface area contributed by atoms with Crippen molar-refractivity contribution in [3.8, 4) is 0 Å². The number of thiophene rings is 1. The fraction of sp³-hybridized carbons (Fsp3) is 0.562. The van der Waals surface area contributed by atoms with E-state index in [0.29, 0.717) is 12.1 Å². The zero-order valence-corrected chi connectivity index (χ0v) is 13.5. The summed E-state index contributed by atoms with van der Waals surface area (Å²) in [4.78, 5) is 1.56. The van der Waals surface area contributed by atoms with Crippen molar-refractivity contribution >= 4 is 17.0 Å². The molecule has 1 unspecified atom stereocenters. The van der Waals surface area contributed by atoms with Crippen molar-refractivity contribution in [2.24, 2.45) is 0 Å². The predicted molar refractivity (Wildman–Crippen MR) is 85.7 cm³/mol. The summed E-state index contributed by atoms with van der Waals surface area (Å²) in [6, 6.07) is 3.15. The van der Waals surface area contributed by atoms with Crippen molar-refractivity contribution < 1.29 is 0 Å². The molecule has 3 nitrogen and oxygen atoms in total. The lowest BCUT2D eigenvalue weighted by Gasteiger charge is -2.25. The lowest BCUT2D eigenvalue weighted by atomic mass is 9.94. The molecule has 2 heterocycles. The van der Waals surface area contributed by atoms with Crippen LogP contribution in [0.5, 0.6) is 0 Å². The first-order chi connectivity index (χ1) is 9.58. The maximum atomic E-state index is 4.68. The van der Waals surface area contributed by atoms with E-state index in [0.717, 1.165) is 5.69 Å². The van der Waals surface area contributed by atoms with E-state index in [1.54, 1.807) is 4.88 Å². The highest BCUT2D eigenvalue weighted by Gasteiger charge is 2.23. The summed E-state index contributed by atoms with van der Waals surface area (Å²) in [5, 5.41) is 10.7. The molecule has 0 amide bonds. The predicted octanol–water partition coefficient (Wildman–Crippen LogP) is 4.63. The van der Waals surface area contributed by atoms with Gasteiger partial charge < -0.3 is 5.32 Å². The number of hydrogen-bond acceptors (Lipinski definition) is 3. The van der Waals surface area contributed by atoms with Gasteiger partial charge in [0, 0.05) is 10.9 Å². The van der Waals surface area contributed by atoms with E-state index in [-0.39, 0.29) is 0 Å². The molecule has 0 aromatic carbocycles. The third kappa shape index (κ3) is 2.26. The number of hydrogen-bond donors (Lipinski definition) is 1. The monoisotopic (exact) mass is 289 g/mol. The molecular formula is C16H23N3S. The Balaban J connectivity index is 1.90. The van der Waals surface area contributed by atoms with E-state index in [2.05, 4.69) is 54.2 Å². The summed E-state index contributed by atoms with van der Waals surface area (Å²) in [5.74, 6) is 0. The van der Waals surface area contributed by atoms with Crippen molar-refractivity contribution in [3.63, 3.8) is 0 Å². The molecule has 1 aliphatic carbocycles. The summed E-state index contributed by atoms with van der Waals surface area (Å²) < 4.78 is 2.12. The fourth-order valence-corrected chi connectivity index (χ4v) is 4.17. The zero-order valence-electron chi connectivity index (χ0n) is 12.7. The highest BCUT2D eigenvalue weighted by Crippen LogP contribution is 2.37. The van der Waals surface area contributed by atoms with Gasteiger partial charge in [-0.1, -0.05) is 0 Å². The van der Waals surface area contributed by atoms with Crippen LogP contribution in [0.25, 0.3) is 0 Å². The number of fused-ring (bicyclic) bond motifs is 1. The van der Waals surface area contributed by atoms with Gasteiger partial charge in [-0.3, -0.25) is 4.68 Å². The molecule has 3 rings (SSSR count). The molecule has 0 saturated heterocycles. The van der Waals surface area contributed by atoms with Gasteiger partial charge in [-0.15, -0.1) is 11.3 Å². The first-order valence-corrected chi connectivity index (χ1v) is 8.34. The summed E-state index contributed by atoms with van der Waals surface area (Å²) in [7, 11) is 0. The van der Waals surface area contributed by atoms with Crippen molar-refractivity contribution in [2.75, 3.05) is 5.32 Å². The van der Waals surface area contributed by atoms with Gasteiger partial charge in [0.25, 0.3) is 0 Å². The molecule has 0 saturated carbocycles. The van der Waals surface area contributed by atoms with Gasteiger partial charge in [0.1, 0.15) is 0 Å². The van der Waals surface area contributed by atoms with Crippen LogP contribution in [-0.4, -0.2) is 9.78 Å². The Morgan fingerprint density at radius 2 is 2.20 bits per heavy atom. The molecule has 0 bridgehead atoms.